The molecule has 4 heteroatoms. The van der Waals surface area contributed by atoms with Crippen LogP contribution in [-0.4, -0.2) is 21.5 Å². The van der Waals surface area contributed by atoms with E-state index in [9.17, 15) is 0 Å². The number of rotatable bonds is 3. The first-order valence-corrected chi connectivity index (χ1v) is 3.25. The molecule has 0 amide bonds. The highest BCUT2D eigenvalue weighted by Gasteiger charge is 1.96. The van der Waals surface area contributed by atoms with Crippen LogP contribution in [0.4, 0.5) is 0 Å². The van der Waals surface area contributed by atoms with Crippen molar-refractivity contribution in [1.82, 2.24) is 15.4 Å². The Morgan fingerprint density at radius 3 is 3.00 bits per heavy atom. The minimum atomic E-state index is 0.247. The van der Waals surface area contributed by atoms with Crippen molar-refractivity contribution in [3.05, 3.63) is 11.9 Å². The van der Waals surface area contributed by atoms with Crippen LogP contribution < -0.4 is 0 Å². The topological polar surface area (TPSA) is 50.8 Å². The second-order valence-electron chi connectivity index (χ2n) is 2.32. The molecular formula is C6H11N3O. The maximum atomic E-state index is 5.26. The van der Waals surface area contributed by atoms with E-state index in [4.69, 9.17) is 4.74 Å². The van der Waals surface area contributed by atoms with Gasteiger partial charge < -0.3 is 4.74 Å². The van der Waals surface area contributed by atoms with E-state index in [0.717, 1.165) is 5.69 Å². The molecule has 1 heterocycles. The number of nitrogens with one attached hydrogen (secondary N) is 1. The van der Waals surface area contributed by atoms with Gasteiger partial charge in [-0.3, -0.25) is 0 Å². The fourth-order valence-corrected chi connectivity index (χ4v) is 0.547. The number of hydrogen-bond acceptors (Lipinski definition) is 3. The van der Waals surface area contributed by atoms with E-state index in [2.05, 4.69) is 15.4 Å². The van der Waals surface area contributed by atoms with Crippen molar-refractivity contribution >= 4 is 0 Å². The average Bonchev–Trinajstić information content (AvgIpc) is 2.34. The Morgan fingerprint density at radius 2 is 2.50 bits per heavy atom. The van der Waals surface area contributed by atoms with Gasteiger partial charge in [0.1, 0.15) is 5.69 Å². The molecule has 1 aromatic heterocycles. The summed E-state index contributed by atoms with van der Waals surface area (Å²) < 4.78 is 5.26. The molecule has 0 aromatic carbocycles. The molecule has 0 fully saturated rings. The molecule has 1 rings (SSSR count). The first-order chi connectivity index (χ1) is 4.79. The molecule has 0 aliphatic rings. The summed E-state index contributed by atoms with van der Waals surface area (Å²) in [4.78, 5) is 0. The molecule has 0 spiro atoms. The van der Waals surface area contributed by atoms with Gasteiger partial charge in [0.05, 0.1) is 18.9 Å². The van der Waals surface area contributed by atoms with Crippen LogP contribution in [-0.2, 0) is 11.3 Å². The normalized spacial score (nSPS) is 10.7. The molecule has 1 N–H and O–H groups in total. The Kier molecular flexibility index (Phi) is 2.39. The largest absolute Gasteiger partial charge is 0.372 e. The second-order valence-corrected chi connectivity index (χ2v) is 2.32. The SMILES string of the molecule is CC(C)OCc1cn[nH]n1. The van der Waals surface area contributed by atoms with Gasteiger partial charge in [0.2, 0.25) is 0 Å². The molecule has 4 nitrogen and oxygen atoms in total. The third kappa shape index (κ3) is 2.14. The van der Waals surface area contributed by atoms with Crippen LogP contribution in [0.15, 0.2) is 6.20 Å². The number of ether oxygens (including phenoxy) is 1. The van der Waals surface area contributed by atoms with Gasteiger partial charge >= 0.3 is 0 Å². The summed E-state index contributed by atoms with van der Waals surface area (Å²) in [5, 5.41) is 9.98. The van der Waals surface area contributed by atoms with Gasteiger partial charge in [-0.1, -0.05) is 0 Å². The van der Waals surface area contributed by atoms with Crippen LogP contribution >= 0.6 is 0 Å². The molecule has 0 aliphatic carbocycles. The van der Waals surface area contributed by atoms with E-state index in [0.29, 0.717) is 6.61 Å². The lowest BCUT2D eigenvalue weighted by Crippen LogP contribution is -2.02. The lowest BCUT2D eigenvalue weighted by molar-refractivity contribution is 0.0635. The highest BCUT2D eigenvalue weighted by atomic mass is 16.5. The molecule has 0 saturated heterocycles. The van der Waals surface area contributed by atoms with Gasteiger partial charge in [0.25, 0.3) is 0 Å². The number of hydrogen-bond donors (Lipinski definition) is 1. The lowest BCUT2D eigenvalue weighted by atomic mass is 10.4. The summed E-state index contributed by atoms with van der Waals surface area (Å²) >= 11 is 0. The van der Waals surface area contributed by atoms with Crippen molar-refractivity contribution in [3.63, 3.8) is 0 Å². The van der Waals surface area contributed by atoms with Crippen LogP contribution in [0.1, 0.15) is 19.5 Å². The molecule has 0 aliphatic heterocycles. The quantitative estimate of drug-likeness (QED) is 0.675. The number of aromatic nitrogens is 3. The molecule has 0 atom stereocenters. The Morgan fingerprint density at radius 1 is 1.70 bits per heavy atom. The summed E-state index contributed by atoms with van der Waals surface area (Å²) in [5.74, 6) is 0. The van der Waals surface area contributed by atoms with Gasteiger partial charge in [-0.15, -0.1) is 0 Å². The minimum Gasteiger partial charge on any atom is -0.372 e. The summed E-state index contributed by atoms with van der Waals surface area (Å²) in [6, 6.07) is 0. The molecule has 0 saturated carbocycles. The Bertz CT molecular complexity index is 171. The lowest BCUT2D eigenvalue weighted by Gasteiger charge is -2.03. The van der Waals surface area contributed by atoms with E-state index in [1.165, 1.54) is 0 Å². The summed E-state index contributed by atoms with van der Waals surface area (Å²) in [7, 11) is 0. The predicted octanol–water partition coefficient (Wildman–Crippen LogP) is 0.730. The number of aromatic amines is 1. The van der Waals surface area contributed by atoms with Crippen molar-refractivity contribution in [2.24, 2.45) is 0 Å². The van der Waals surface area contributed by atoms with Crippen LogP contribution in [0.2, 0.25) is 0 Å². The van der Waals surface area contributed by atoms with Crippen molar-refractivity contribution < 1.29 is 4.74 Å². The standard InChI is InChI=1S/C6H11N3O/c1-5(2)10-4-6-3-7-9-8-6/h3,5H,4H2,1-2H3,(H,7,8,9). The molecule has 10 heavy (non-hydrogen) atoms. The summed E-state index contributed by atoms with van der Waals surface area (Å²) in [6.07, 6.45) is 1.90. The molecular weight excluding hydrogens is 130 g/mol. The first-order valence-electron chi connectivity index (χ1n) is 3.25. The van der Waals surface area contributed by atoms with Gasteiger partial charge in [0, 0.05) is 0 Å². The van der Waals surface area contributed by atoms with Crippen molar-refractivity contribution in [2.75, 3.05) is 0 Å². The van der Waals surface area contributed by atoms with Crippen molar-refractivity contribution in [1.29, 1.82) is 0 Å². The smallest absolute Gasteiger partial charge is 0.108 e. The molecule has 0 radical (unpaired) electrons. The van der Waals surface area contributed by atoms with Crippen LogP contribution in [0.25, 0.3) is 0 Å². The zero-order valence-electron chi connectivity index (χ0n) is 6.16. The zero-order valence-corrected chi connectivity index (χ0v) is 6.16. The highest BCUT2D eigenvalue weighted by molar-refractivity contribution is 4.86. The summed E-state index contributed by atoms with van der Waals surface area (Å²) in [6.45, 7) is 4.51. The first kappa shape index (κ1) is 7.21. The maximum Gasteiger partial charge on any atom is 0.108 e. The van der Waals surface area contributed by atoms with Gasteiger partial charge in [-0.25, -0.2) is 0 Å². The van der Waals surface area contributed by atoms with Crippen LogP contribution in [0.5, 0.6) is 0 Å². The minimum absolute atomic E-state index is 0.247. The van der Waals surface area contributed by atoms with E-state index in [1.807, 2.05) is 13.8 Å². The third-order valence-electron chi connectivity index (χ3n) is 1.03. The zero-order chi connectivity index (χ0) is 7.40. The average molecular weight is 141 g/mol. The second kappa shape index (κ2) is 3.31. The Labute approximate surface area is 59.6 Å². The van der Waals surface area contributed by atoms with E-state index in [1.54, 1.807) is 6.20 Å². The Balaban J connectivity index is 2.28. The fraction of sp³-hybridized carbons (Fsp3) is 0.667. The molecule has 0 bridgehead atoms. The molecule has 0 unspecified atom stereocenters. The fourth-order valence-electron chi connectivity index (χ4n) is 0.547. The predicted molar refractivity (Wildman–Crippen MR) is 36.3 cm³/mol. The van der Waals surface area contributed by atoms with Crippen molar-refractivity contribution in [3.8, 4) is 0 Å². The van der Waals surface area contributed by atoms with E-state index < -0.39 is 0 Å². The molecule has 56 valence electrons. The monoisotopic (exact) mass is 141 g/mol. The van der Waals surface area contributed by atoms with Gasteiger partial charge in [-0.2, -0.15) is 15.4 Å². The number of nitrogens with zero attached hydrogens (tertiary/aromatic N) is 2. The van der Waals surface area contributed by atoms with Gasteiger partial charge in [-0.05, 0) is 13.8 Å². The van der Waals surface area contributed by atoms with Crippen LogP contribution in [0, 0.1) is 0 Å². The number of H-pyrrole nitrogens is 1. The Hall–Kier alpha value is -0.900. The summed E-state index contributed by atoms with van der Waals surface area (Å²) in [5.41, 5.74) is 0.841. The van der Waals surface area contributed by atoms with E-state index >= 15 is 0 Å². The third-order valence-corrected chi connectivity index (χ3v) is 1.03. The highest BCUT2D eigenvalue weighted by Crippen LogP contribution is 1.95. The van der Waals surface area contributed by atoms with E-state index in [-0.39, 0.29) is 6.10 Å². The maximum absolute atomic E-state index is 5.26. The molecule has 1 aromatic rings. The van der Waals surface area contributed by atoms with Crippen molar-refractivity contribution in [2.45, 2.75) is 26.6 Å². The van der Waals surface area contributed by atoms with Gasteiger partial charge in [0.15, 0.2) is 0 Å². The van der Waals surface area contributed by atoms with Crippen LogP contribution in [0.3, 0.4) is 0 Å².